The van der Waals surface area contributed by atoms with Gasteiger partial charge in [-0.1, -0.05) is 27.9 Å². The van der Waals surface area contributed by atoms with Crippen molar-refractivity contribution >= 4 is 21.8 Å². The first-order chi connectivity index (χ1) is 7.06. The fourth-order valence-corrected chi connectivity index (χ4v) is 1.53. The highest BCUT2D eigenvalue weighted by Crippen LogP contribution is 2.18. The number of aryl methyl sites for hydroxylation is 1. The van der Waals surface area contributed by atoms with E-state index in [9.17, 15) is 4.79 Å². The van der Waals surface area contributed by atoms with Crippen molar-refractivity contribution in [3.63, 3.8) is 0 Å². The van der Waals surface area contributed by atoms with Gasteiger partial charge in [0.1, 0.15) is 0 Å². The van der Waals surface area contributed by atoms with E-state index in [4.69, 9.17) is 6.42 Å². The van der Waals surface area contributed by atoms with Crippen LogP contribution in [0.2, 0.25) is 0 Å². The molecular weight excluding hydrogens is 254 g/mol. The van der Waals surface area contributed by atoms with Crippen molar-refractivity contribution < 1.29 is 4.79 Å². The zero-order valence-electron chi connectivity index (χ0n) is 8.75. The van der Waals surface area contributed by atoms with Crippen molar-refractivity contribution in [3.05, 3.63) is 33.8 Å². The van der Waals surface area contributed by atoms with E-state index >= 15 is 0 Å². The number of amides is 1. The van der Waals surface area contributed by atoms with Gasteiger partial charge < -0.3 is 4.90 Å². The lowest BCUT2D eigenvalue weighted by Gasteiger charge is -2.14. The van der Waals surface area contributed by atoms with Crippen LogP contribution in [-0.2, 0) is 0 Å². The van der Waals surface area contributed by atoms with Gasteiger partial charge in [-0.3, -0.25) is 4.79 Å². The molecule has 0 aromatic heterocycles. The Morgan fingerprint density at radius 1 is 1.60 bits per heavy atom. The second-order valence-electron chi connectivity index (χ2n) is 3.33. The van der Waals surface area contributed by atoms with E-state index in [1.807, 2.05) is 19.1 Å². The molecule has 2 nitrogen and oxygen atoms in total. The summed E-state index contributed by atoms with van der Waals surface area (Å²) in [5.41, 5.74) is 1.75. The highest BCUT2D eigenvalue weighted by molar-refractivity contribution is 9.10. The van der Waals surface area contributed by atoms with E-state index in [-0.39, 0.29) is 5.91 Å². The number of carbonyl (C=O) groups excluding carboxylic acids is 1. The Morgan fingerprint density at radius 2 is 2.27 bits per heavy atom. The summed E-state index contributed by atoms with van der Waals surface area (Å²) in [4.78, 5) is 13.3. The summed E-state index contributed by atoms with van der Waals surface area (Å²) in [5, 5.41) is 0. The monoisotopic (exact) mass is 265 g/mol. The van der Waals surface area contributed by atoms with Gasteiger partial charge in [-0.25, -0.2) is 0 Å². The molecular formula is C12H12BrNO. The Hall–Kier alpha value is -1.27. The Labute approximate surface area is 98.4 Å². The molecule has 0 N–H and O–H groups in total. The average Bonchev–Trinajstić information content (AvgIpc) is 2.21. The number of hydrogen-bond acceptors (Lipinski definition) is 1. The predicted molar refractivity (Wildman–Crippen MR) is 64.7 cm³/mol. The molecule has 1 aromatic rings. The van der Waals surface area contributed by atoms with Crippen LogP contribution in [-0.4, -0.2) is 24.4 Å². The number of nitrogens with zero attached hydrogens (tertiary/aromatic N) is 1. The number of benzene rings is 1. The van der Waals surface area contributed by atoms with E-state index in [1.54, 1.807) is 13.1 Å². The molecule has 0 heterocycles. The highest BCUT2D eigenvalue weighted by atomic mass is 79.9. The summed E-state index contributed by atoms with van der Waals surface area (Å²) < 4.78 is 0.933. The van der Waals surface area contributed by atoms with Gasteiger partial charge in [0.2, 0.25) is 0 Å². The molecule has 0 fully saturated rings. The second-order valence-corrected chi connectivity index (χ2v) is 4.18. The summed E-state index contributed by atoms with van der Waals surface area (Å²) in [6.07, 6.45) is 5.15. The minimum absolute atomic E-state index is 0.0614. The van der Waals surface area contributed by atoms with Crippen molar-refractivity contribution in [2.45, 2.75) is 6.92 Å². The number of halogens is 1. The van der Waals surface area contributed by atoms with Crippen LogP contribution in [0.25, 0.3) is 0 Å². The lowest BCUT2D eigenvalue weighted by atomic mass is 10.1. The lowest BCUT2D eigenvalue weighted by Crippen LogP contribution is -2.26. The Kier molecular flexibility index (Phi) is 3.93. The number of carbonyl (C=O) groups is 1. The molecule has 15 heavy (non-hydrogen) atoms. The van der Waals surface area contributed by atoms with Gasteiger partial charge in [0.25, 0.3) is 5.91 Å². The van der Waals surface area contributed by atoms with Crippen LogP contribution in [0.1, 0.15) is 15.9 Å². The van der Waals surface area contributed by atoms with Crippen LogP contribution in [0.5, 0.6) is 0 Å². The maximum atomic E-state index is 11.8. The van der Waals surface area contributed by atoms with Crippen molar-refractivity contribution in [1.29, 1.82) is 0 Å². The van der Waals surface area contributed by atoms with Crippen LogP contribution in [0.4, 0.5) is 0 Å². The molecule has 0 saturated carbocycles. The van der Waals surface area contributed by atoms with Gasteiger partial charge in [-0.05, 0) is 24.6 Å². The van der Waals surface area contributed by atoms with Gasteiger partial charge in [0, 0.05) is 17.1 Å². The maximum Gasteiger partial charge on any atom is 0.254 e. The van der Waals surface area contributed by atoms with Gasteiger partial charge >= 0.3 is 0 Å². The quantitative estimate of drug-likeness (QED) is 0.753. The zero-order valence-corrected chi connectivity index (χ0v) is 10.3. The van der Waals surface area contributed by atoms with Gasteiger partial charge in [0.05, 0.1) is 6.54 Å². The molecule has 0 radical (unpaired) electrons. The fraction of sp³-hybridized carbons (Fsp3) is 0.250. The number of terminal acetylenes is 1. The zero-order chi connectivity index (χ0) is 11.4. The highest BCUT2D eigenvalue weighted by Gasteiger charge is 2.11. The maximum absolute atomic E-state index is 11.8. The third kappa shape index (κ3) is 2.84. The molecule has 0 aliphatic rings. The molecule has 0 aliphatic carbocycles. The predicted octanol–water partition coefficient (Wildman–Crippen LogP) is 2.46. The summed E-state index contributed by atoms with van der Waals surface area (Å²) >= 11 is 3.39. The van der Waals surface area contributed by atoms with Crippen molar-refractivity contribution in [1.82, 2.24) is 4.90 Å². The molecule has 0 aliphatic heterocycles. The molecule has 0 saturated heterocycles. The molecule has 0 unspecified atom stereocenters. The van der Waals surface area contributed by atoms with Gasteiger partial charge in [-0.15, -0.1) is 6.42 Å². The molecule has 1 rings (SSSR count). The molecule has 78 valence electrons. The minimum atomic E-state index is -0.0614. The topological polar surface area (TPSA) is 20.3 Å². The third-order valence-electron chi connectivity index (χ3n) is 2.09. The van der Waals surface area contributed by atoms with Crippen LogP contribution < -0.4 is 0 Å². The van der Waals surface area contributed by atoms with Crippen LogP contribution >= 0.6 is 15.9 Å². The molecule has 0 atom stereocenters. The van der Waals surface area contributed by atoms with E-state index in [0.717, 1.165) is 10.0 Å². The van der Waals surface area contributed by atoms with E-state index in [1.165, 1.54) is 4.90 Å². The minimum Gasteiger partial charge on any atom is -0.331 e. The smallest absolute Gasteiger partial charge is 0.254 e. The molecule has 0 spiro atoms. The van der Waals surface area contributed by atoms with E-state index in [2.05, 4.69) is 21.9 Å². The lowest BCUT2D eigenvalue weighted by molar-refractivity contribution is 0.0812. The Balaban J connectivity index is 2.93. The average molecular weight is 266 g/mol. The third-order valence-corrected chi connectivity index (χ3v) is 2.95. The van der Waals surface area contributed by atoms with Gasteiger partial charge in [-0.2, -0.15) is 0 Å². The van der Waals surface area contributed by atoms with E-state index < -0.39 is 0 Å². The Morgan fingerprint density at radius 3 is 2.80 bits per heavy atom. The standard InChI is InChI=1S/C12H12BrNO/c1-4-7-14(3)12(15)10-6-5-9(2)11(13)8-10/h1,5-6,8H,7H2,2-3H3. The molecule has 3 heteroatoms. The number of hydrogen-bond donors (Lipinski definition) is 0. The van der Waals surface area contributed by atoms with Crippen molar-refractivity contribution in [3.8, 4) is 12.3 Å². The molecule has 1 aromatic carbocycles. The van der Waals surface area contributed by atoms with Crippen LogP contribution in [0, 0.1) is 19.3 Å². The Bertz CT molecular complexity index is 420. The van der Waals surface area contributed by atoms with E-state index in [0.29, 0.717) is 12.1 Å². The second kappa shape index (κ2) is 4.99. The summed E-state index contributed by atoms with van der Waals surface area (Å²) in [6.45, 7) is 2.30. The van der Waals surface area contributed by atoms with Crippen molar-refractivity contribution in [2.24, 2.45) is 0 Å². The largest absolute Gasteiger partial charge is 0.331 e. The first-order valence-corrected chi connectivity index (χ1v) is 5.30. The first kappa shape index (κ1) is 11.8. The number of rotatable bonds is 2. The summed E-state index contributed by atoms with van der Waals surface area (Å²) in [7, 11) is 1.69. The summed E-state index contributed by atoms with van der Waals surface area (Å²) in [6, 6.07) is 5.52. The van der Waals surface area contributed by atoms with Crippen LogP contribution in [0.15, 0.2) is 22.7 Å². The molecule has 1 amide bonds. The first-order valence-electron chi connectivity index (χ1n) is 4.51. The summed E-state index contributed by atoms with van der Waals surface area (Å²) in [5.74, 6) is 2.38. The van der Waals surface area contributed by atoms with Crippen LogP contribution in [0.3, 0.4) is 0 Å². The van der Waals surface area contributed by atoms with Crippen molar-refractivity contribution in [2.75, 3.05) is 13.6 Å². The fourth-order valence-electron chi connectivity index (χ4n) is 1.16. The molecule has 0 bridgehead atoms. The van der Waals surface area contributed by atoms with Gasteiger partial charge in [0.15, 0.2) is 0 Å². The normalized spacial score (nSPS) is 9.47. The SMILES string of the molecule is C#CCN(C)C(=O)c1ccc(C)c(Br)c1.